The summed E-state index contributed by atoms with van der Waals surface area (Å²) in [7, 11) is 0. The monoisotopic (exact) mass is 308 g/mol. The van der Waals surface area contributed by atoms with E-state index >= 15 is 0 Å². The maximum Gasteiger partial charge on any atom is 0.190 e. The van der Waals surface area contributed by atoms with Crippen LogP contribution in [0.4, 0.5) is 0 Å². The third-order valence-corrected chi connectivity index (χ3v) is 4.23. The lowest BCUT2D eigenvalue weighted by molar-refractivity contribution is 0.0973. The SMILES string of the molecule is CC(C)=CCC/C(C)=C\CC1=C(C)C(=O)c2ccccc2C1=O. The summed E-state index contributed by atoms with van der Waals surface area (Å²) >= 11 is 0. The van der Waals surface area contributed by atoms with Gasteiger partial charge in [0.2, 0.25) is 0 Å². The highest BCUT2D eigenvalue weighted by Gasteiger charge is 2.28. The number of rotatable bonds is 5. The molecule has 0 atom stereocenters. The highest BCUT2D eigenvalue weighted by molar-refractivity contribution is 6.26. The smallest absolute Gasteiger partial charge is 0.190 e. The molecule has 120 valence electrons. The van der Waals surface area contributed by atoms with Gasteiger partial charge in [-0.1, -0.05) is 47.6 Å². The summed E-state index contributed by atoms with van der Waals surface area (Å²) in [6.45, 7) is 8.03. The topological polar surface area (TPSA) is 34.1 Å². The number of carbonyl (C=O) groups excluding carboxylic acids is 2. The van der Waals surface area contributed by atoms with Crippen LogP contribution in [0.5, 0.6) is 0 Å². The summed E-state index contributed by atoms with van der Waals surface area (Å²) in [5, 5.41) is 0. The van der Waals surface area contributed by atoms with Gasteiger partial charge in [0.25, 0.3) is 0 Å². The van der Waals surface area contributed by atoms with Gasteiger partial charge in [0, 0.05) is 22.3 Å². The maximum absolute atomic E-state index is 12.6. The summed E-state index contributed by atoms with van der Waals surface area (Å²) in [6, 6.07) is 7.09. The first-order valence-corrected chi connectivity index (χ1v) is 8.09. The van der Waals surface area contributed by atoms with Gasteiger partial charge < -0.3 is 0 Å². The summed E-state index contributed by atoms with van der Waals surface area (Å²) < 4.78 is 0. The predicted octanol–water partition coefficient (Wildman–Crippen LogP) is 5.46. The van der Waals surface area contributed by atoms with Crippen molar-refractivity contribution in [3.63, 3.8) is 0 Å². The molecule has 1 aromatic rings. The van der Waals surface area contributed by atoms with E-state index < -0.39 is 0 Å². The van der Waals surface area contributed by atoms with Crippen LogP contribution in [0.3, 0.4) is 0 Å². The Labute approximate surface area is 138 Å². The molecule has 0 radical (unpaired) electrons. The Morgan fingerprint density at radius 2 is 1.57 bits per heavy atom. The van der Waals surface area contributed by atoms with E-state index in [2.05, 4.69) is 32.9 Å². The third kappa shape index (κ3) is 3.95. The average Bonchev–Trinajstić information content (AvgIpc) is 2.52. The number of allylic oxidation sites excluding steroid dienone is 6. The first-order valence-electron chi connectivity index (χ1n) is 8.09. The molecule has 0 aliphatic heterocycles. The molecule has 0 saturated heterocycles. The van der Waals surface area contributed by atoms with Crippen molar-refractivity contribution in [3.05, 3.63) is 69.8 Å². The van der Waals surface area contributed by atoms with Crippen LogP contribution in [-0.2, 0) is 0 Å². The van der Waals surface area contributed by atoms with Gasteiger partial charge in [0.05, 0.1) is 0 Å². The molecule has 0 aromatic heterocycles. The van der Waals surface area contributed by atoms with Crippen molar-refractivity contribution < 1.29 is 9.59 Å². The minimum absolute atomic E-state index is 0.00829. The van der Waals surface area contributed by atoms with Crippen LogP contribution < -0.4 is 0 Å². The fourth-order valence-corrected chi connectivity index (χ4v) is 2.76. The predicted molar refractivity (Wildman–Crippen MR) is 94.8 cm³/mol. The van der Waals surface area contributed by atoms with E-state index in [1.807, 2.05) is 6.07 Å². The standard InChI is InChI=1S/C21H24O2/c1-14(2)8-7-9-15(3)12-13-17-16(4)20(22)18-10-5-6-11-19(18)21(17)23/h5-6,8,10-12H,7,9,13H2,1-4H3/b15-12-. The van der Waals surface area contributed by atoms with Gasteiger partial charge in [-0.25, -0.2) is 0 Å². The Morgan fingerprint density at radius 1 is 0.957 bits per heavy atom. The van der Waals surface area contributed by atoms with Crippen molar-refractivity contribution >= 4 is 11.6 Å². The molecule has 0 fully saturated rings. The van der Waals surface area contributed by atoms with Crippen molar-refractivity contribution in [2.24, 2.45) is 0 Å². The summed E-state index contributed by atoms with van der Waals surface area (Å²) in [4.78, 5) is 25.1. The molecule has 0 heterocycles. The number of ketones is 2. The number of carbonyl (C=O) groups is 2. The summed E-state index contributed by atoms with van der Waals surface area (Å²) in [5.74, 6) is -0.0307. The van der Waals surface area contributed by atoms with Gasteiger partial charge in [0.15, 0.2) is 11.6 Å². The average molecular weight is 308 g/mol. The number of hydrogen-bond donors (Lipinski definition) is 0. The van der Waals surface area contributed by atoms with E-state index in [4.69, 9.17) is 0 Å². The lowest BCUT2D eigenvalue weighted by Crippen LogP contribution is -2.20. The maximum atomic E-state index is 12.6. The Kier molecular flexibility index (Phi) is 5.49. The molecule has 2 rings (SSSR count). The molecular formula is C21H24O2. The number of Topliss-reactive ketones (excluding diaryl/α,β-unsaturated/α-hetero) is 2. The largest absolute Gasteiger partial charge is 0.289 e. The number of benzene rings is 1. The lowest BCUT2D eigenvalue weighted by atomic mass is 9.83. The zero-order valence-corrected chi connectivity index (χ0v) is 14.4. The first kappa shape index (κ1) is 17.1. The van der Waals surface area contributed by atoms with Gasteiger partial charge in [0.1, 0.15) is 0 Å². The molecule has 0 spiro atoms. The second kappa shape index (κ2) is 7.36. The van der Waals surface area contributed by atoms with E-state index in [1.54, 1.807) is 25.1 Å². The molecule has 1 aliphatic carbocycles. The van der Waals surface area contributed by atoms with E-state index in [0.29, 0.717) is 28.7 Å². The van der Waals surface area contributed by atoms with Crippen LogP contribution in [0.1, 0.15) is 67.7 Å². The number of fused-ring (bicyclic) bond motifs is 1. The van der Waals surface area contributed by atoms with Crippen molar-refractivity contribution in [3.8, 4) is 0 Å². The minimum Gasteiger partial charge on any atom is -0.289 e. The van der Waals surface area contributed by atoms with Crippen LogP contribution >= 0.6 is 0 Å². The lowest BCUT2D eigenvalue weighted by Gasteiger charge is -2.18. The summed E-state index contributed by atoms with van der Waals surface area (Å²) in [5.41, 5.74) is 4.86. The zero-order chi connectivity index (χ0) is 17.0. The second-order valence-corrected chi connectivity index (χ2v) is 6.38. The zero-order valence-electron chi connectivity index (χ0n) is 14.4. The van der Waals surface area contributed by atoms with Gasteiger partial charge in [-0.3, -0.25) is 9.59 Å². The summed E-state index contributed by atoms with van der Waals surface area (Å²) in [6.07, 6.45) is 6.82. The molecule has 23 heavy (non-hydrogen) atoms. The Hall–Kier alpha value is -2.22. The van der Waals surface area contributed by atoms with Crippen LogP contribution in [0, 0.1) is 0 Å². The minimum atomic E-state index is -0.0224. The quantitative estimate of drug-likeness (QED) is 0.676. The van der Waals surface area contributed by atoms with E-state index in [0.717, 1.165) is 12.8 Å². The Bertz CT molecular complexity index is 726. The van der Waals surface area contributed by atoms with E-state index in [9.17, 15) is 9.59 Å². The highest BCUT2D eigenvalue weighted by Crippen LogP contribution is 2.28. The normalized spacial score (nSPS) is 14.9. The molecule has 0 unspecified atom stereocenters. The molecule has 0 amide bonds. The fraction of sp³-hybridized carbons (Fsp3) is 0.333. The fourth-order valence-electron chi connectivity index (χ4n) is 2.76. The molecule has 1 aromatic carbocycles. The van der Waals surface area contributed by atoms with Crippen molar-refractivity contribution in [1.29, 1.82) is 0 Å². The van der Waals surface area contributed by atoms with Crippen LogP contribution in [0.2, 0.25) is 0 Å². The Balaban J connectivity index is 2.17. The molecule has 1 aliphatic rings. The van der Waals surface area contributed by atoms with Crippen molar-refractivity contribution in [2.75, 3.05) is 0 Å². The highest BCUT2D eigenvalue weighted by atomic mass is 16.1. The molecular weight excluding hydrogens is 284 g/mol. The van der Waals surface area contributed by atoms with Gasteiger partial charge in [-0.05, 0) is 47.0 Å². The van der Waals surface area contributed by atoms with Gasteiger partial charge in [-0.2, -0.15) is 0 Å². The van der Waals surface area contributed by atoms with E-state index in [-0.39, 0.29) is 11.6 Å². The van der Waals surface area contributed by atoms with Crippen molar-refractivity contribution in [2.45, 2.75) is 47.0 Å². The molecule has 2 nitrogen and oxygen atoms in total. The Morgan fingerprint density at radius 3 is 2.17 bits per heavy atom. The number of hydrogen-bond acceptors (Lipinski definition) is 2. The van der Waals surface area contributed by atoms with Gasteiger partial charge in [-0.15, -0.1) is 0 Å². The van der Waals surface area contributed by atoms with Crippen LogP contribution in [-0.4, -0.2) is 11.6 Å². The van der Waals surface area contributed by atoms with Crippen LogP contribution in [0.25, 0.3) is 0 Å². The van der Waals surface area contributed by atoms with Gasteiger partial charge >= 0.3 is 0 Å². The van der Waals surface area contributed by atoms with Crippen molar-refractivity contribution in [1.82, 2.24) is 0 Å². The molecule has 0 bridgehead atoms. The van der Waals surface area contributed by atoms with Crippen LogP contribution in [0.15, 0.2) is 58.7 Å². The molecule has 2 heteroatoms. The first-order chi connectivity index (χ1) is 10.9. The second-order valence-electron chi connectivity index (χ2n) is 6.38. The molecule has 0 N–H and O–H groups in total. The molecule has 0 saturated carbocycles. The third-order valence-electron chi connectivity index (χ3n) is 4.23. The van der Waals surface area contributed by atoms with E-state index in [1.165, 1.54) is 11.1 Å².